The third kappa shape index (κ3) is 4.85. The van der Waals surface area contributed by atoms with E-state index in [1.54, 1.807) is 6.07 Å². The van der Waals surface area contributed by atoms with Crippen LogP contribution < -0.4 is 5.32 Å². The average Bonchev–Trinajstić information content (AvgIpc) is 2.16. The molecule has 0 radical (unpaired) electrons. The molecule has 1 aromatic carbocycles. The van der Waals surface area contributed by atoms with Crippen LogP contribution in [0, 0.1) is 0 Å². The second-order valence-corrected chi connectivity index (χ2v) is 4.34. The van der Waals surface area contributed by atoms with E-state index in [0.717, 1.165) is 12.0 Å². The van der Waals surface area contributed by atoms with Gasteiger partial charge in [0.2, 0.25) is 0 Å². The summed E-state index contributed by atoms with van der Waals surface area (Å²) in [6.45, 7) is 3.20. The largest absolute Gasteiger partial charge is 0.392 e. The number of halogens is 2. The summed E-state index contributed by atoms with van der Waals surface area (Å²) >= 11 is 11.7. The lowest BCUT2D eigenvalue weighted by Gasteiger charge is -2.09. The molecule has 0 amide bonds. The van der Waals surface area contributed by atoms with Crippen molar-refractivity contribution >= 4 is 23.2 Å². The molecule has 0 aliphatic rings. The van der Waals surface area contributed by atoms with Crippen LogP contribution in [0.15, 0.2) is 18.2 Å². The Morgan fingerprint density at radius 3 is 2.40 bits per heavy atom. The van der Waals surface area contributed by atoms with Crippen molar-refractivity contribution in [2.24, 2.45) is 0 Å². The summed E-state index contributed by atoms with van der Waals surface area (Å²) in [7, 11) is 0. The Bertz CT molecular complexity index is 297. The van der Waals surface area contributed by atoms with E-state index in [0.29, 0.717) is 23.1 Å². The van der Waals surface area contributed by atoms with Crippen molar-refractivity contribution in [3.05, 3.63) is 33.8 Å². The maximum Gasteiger partial charge on any atom is 0.0662 e. The standard InChI is InChI=1S/C11H15Cl2NO/c1-2-11(15)7-14-6-8-3-9(12)5-10(13)4-8/h3-5,11,14-15H,2,6-7H2,1H3. The van der Waals surface area contributed by atoms with Crippen molar-refractivity contribution < 1.29 is 5.11 Å². The Hall–Kier alpha value is -0.280. The SMILES string of the molecule is CCC(O)CNCc1cc(Cl)cc(Cl)c1. The van der Waals surface area contributed by atoms with Crippen LogP contribution in [0.2, 0.25) is 10.0 Å². The summed E-state index contributed by atoms with van der Waals surface area (Å²) in [6, 6.07) is 5.42. The number of aliphatic hydroxyl groups is 1. The average molecular weight is 248 g/mol. The van der Waals surface area contributed by atoms with Gasteiger partial charge in [-0.2, -0.15) is 0 Å². The molecule has 2 N–H and O–H groups in total. The van der Waals surface area contributed by atoms with Gasteiger partial charge in [0.05, 0.1) is 6.10 Å². The van der Waals surface area contributed by atoms with Gasteiger partial charge in [0.15, 0.2) is 0 Å². The van der Waals surface area contributed by atoms with Crippen molar-refractivity contribution in [3.63, 3.8) is 0 Å². The topological polar surface area (TPSA) is 32.3 Å². The Morgan fingerprint density at radius 2 is 1.87 bits per heavy atom. The molecule has 0 saturated carbocycles. The lowest BCUT2D eigenvalue weighted by molar-refractivity contribution is 0.167. The van der Waals surface area contributed by atoms with Crippen LogP contribution in [0.5, 0.6) is 0 Å². The zero-order valence-corrected chi connectivity index (χ0v) is 10.1. The smallest absolute Gasteiger partial charge is 0.0662 e. The van der Waals surface area contributed by atoms with Gasteiger partial charge in [-0.3, -0.25) is 0 Å². The van der Waals surface area contributed by atoms with E-state index in [-0.39, 0.29) is 6.10 Å². The monoisotopic (exact) mass is 247 g/mol. The molecule has 1 aromatic rings. The van der Waals surface area contributed by atoms with Gasteiger partial charge in [0, 0.05) is 23.1 Å². The molecule has 0 fully saturated rings. The summed E-state index contributed by atoms with van der Waals surface area (Å²) in [6.07, 6.45) is 0.461. The van der Waals surface area contributed by atoms with Gasteiger partial charge in [-0.25, -0.2) is 0 Å². The van der Waals surface area contributed by atoms with Gasteiger partial charge in [0.1, 0.15) is 0 Å². The number of hydrogen-bond donors (Lipinski definition) is 2. The predicted molar refractivity (Wildman–Crippen MR) is 64.5 cm³/mol. The third-order valence-corrected chi connectivity index (χ3v) is 2.54. The normalized spacial score (nSPS) is 12.8. The quantitative estimate of drug-likeness (QED) is 0.839. The van der Waals surface area contributed by atoms with Crippen LogP contribution in [0.1, 0.15) is 18.9 Å². The maximum atomic E-state index is 9.33. The molecule has 0 heterocycles. The van der Waals surface area contributed by atoms with E-state index in [1.165, 1.54) is 0 Å². The van der Waals surface area contributed by atoms with E-state index in [9.17, 15) is 5.11 Å². The van der Waals surface area contributed by atoms with Crippen LogP contribution in [0.4, 0.5) is 0 Å². The maximum absolute atomic E-state index is 9.33. The molecule has 84 valence electrons. The first-order valence-electron chi connectivity index (χ1n) is 4.95. The van der Waals surface area contributed by atoms with Gasteiger partial charge in [-0.05, 0) is 30.2 Å². The molecule has 1 rings (SSSR count). The Kier molecular flexibility index (Phi) is 5.40. The van der Waals surface area contributed by atoms with Crippen LogP contribution in [0.3, 0.4) is 0 Å². The summed E-state index contributed by atoms with van der Waals surface area (Å²) in [5.41, 5.74) is 1.02. The number of hydrogen-bond acceptors (Lipinski definition) is 2. The lowest BCUT2D eigenvalue weighted by Crippen LogP contribution is -2.25. The fourth-order valence-corrected chi connectivity index (χ4v) is 1.81. The third-order valence-electron chi connectivity index (χ3n) is 2.10. The first-order chi connectivity index (χ1) is 7.11. The van der Waals surface area contributed by atoms with E-state index >= 15 is 0 Å². The van der Waals surface area contributed by atoms with Gasteiger partial charge in [0.25, 0.3) is 0 Å². The molecule has 2 nitrogen and oxygen atoms in total. The minimum absolute atomic E-state index is 0.292. The van der Waals surface area contributed by atoms with E-state index < -0.39 is 0 Å². The van der Waals surface area contributed by atoms with Gasteiger partial charge >= 0.3 is 0 Å². The molecule has 4 heteroatoms. The van der Waals surface area contributed by atoms with E-state index in [2.05, 4.69) is 5.32 Å². The molecular weight excluding hydrogens is 233 g/mol. The first kappa shape index (κ1) is 12.8. The Balaban J connectivity index is 2.43. The van der Waals surface area contributed by atoms with Gasteiger partial charge in [-0.1, -0.05) is 30.1 Å². The summed E-state index contributed by atoms with van der Waals surface area (Å²) in [5, 5.41) is 13.7. The van der Waals surface area contributed by atoms with Crippen LogP contribution in [-0.2, 0) is 6.54 Å². The summed E-state index contributed by atoms with van der Waals surface area (Å²) in [5.74, 6) is 0. The molecule has 0 aromatic heterocycles. The van der Waals surface area contributed by atoms with Gasteiger partial charge < -0.3 is 10.4 Å². The van der Waals surface area contributed by atoms with E-state index in [1.807, 2.05) is 19.1 Å². The summed E-state index contributed by atoms with van der Waals surface area (Å²) < 4.78 is 0. The highest BCUT2D eigenvalue weighted by Gasteiger charge is 2.01. The Morgan fingerprint density at radius 1 is 1.27 bits per heavy atom. The van der Waals surface area contributed by atoms with Crippen LogP contribution in [-0.4, -0.2) is 17.8 Å². The summed E-state index contributed by atoms with van der Waals surface area (Å²) in [4.78, 5) is 0. The fraction of sp³-hybridized carbons (Fsp3) is 0.455. The molecule has 1 atom stereocenters. The van der Waals surface area contributed by atoms with Crippen molar-refractivity contribution in [1.29, 1.82) is 0 Å². The Labute approximate surface area is 100 Å². The highest BCUT2D eigenvalue weighted by atomic mass is 35.5. The lowest BCUT2D eigenvalue weighted by atomic mass is 10.2. The first-order valence-corrected chi connectivity index (χ1v) is 5.71. The zero-order chi connectivity index (χ0) is 11.3. The van der Waals surface area contributed by atoms with Crippen molar-refractivity contribution in [2.75, 3.05) is 6.54 Å². The molecular formula is C11H15Cl2NO. The fourth-order valence-electron chi connectivity index (χ4n) is 1.24. The van der Waals surface area contributed by atoms with E-state index in [4.69, 9.17) is 23.2 Å². The van der Waals surface area contributed by atoms with Crippen molar-refractivity contribution in [2.45, 2.75) is 26.0 Å². The molecule has 0 spiro atoms. The molecule has 0 saturated heterocycles. The molecule has 1 unspecified atom stereocenters. The van der Waals surface area contributed by atoms with Crippen molar-refractivity contribution in [1.82, 2.24) is 5.32 Å². The minimum Gasteiger partial charge on any atom is -0.392 e. The highest BCUT2D eigenvalue weighted by Crippen LogP contribution is 2.18. The second kappa shape index (κ2) is 6.33. The predicted octanol–water partition coefficient (Wildman–Crippen LogP) is 2.85. The molecule has 0 aliphatic carbocycles. The molecule has 15 heavy (non-hydrogen) atoms. The van der Waals surface area contributed by atoms with Crippen LogP contribution >= 0.6 is 23.2 Å². The number of rotatable bonds is 5. The second-order valence-electron chi connectivity index (χ2n) is 3.47. The molecule has 0 bridgehead atoms. The van der Waals surface area contributed by atoms with Gasteiger partial charge in [-0.15, -0.1) is 0 Å². The van der Waals surface area contributed by atoms with Crippen molar-refractivity contribution in [3.8, 4) is 0 Å². The highest BCUT2D eigenvalue weighted by molar-refractivity contribution is 6.34. The number of benzene rings is 1. The number of nitrogens with one attached hydrogen (secondary N) is 1. The number of aliphatic hydroxyl groups excluding tert-OH is 1. The minimum atomic E-state index is -0.292. The molecule has 0 aliphatic heterocycles. The zero-order valence-electron chi connectivity index (χ0n) is 8.63. The van der Waals surface area contributed by atoms with Crippen LogP contribution in [0.25, 0.3) is 0 Å².